The van der Waals surface area contributed by atoms with E-state index in [4.69, 9.17) is 0 Å². The van der Waals surface area contributed by atoms with E-state index in [9.17, 15) is 0 Å². The molecule has 1 aromatic rings. The summed E-state index contributed by atoms with van der Waals surface area (Å²) in [4.78, 5) is 8.44. The zero-order valence-electron chi connectivity index (χ0n) is 11.8. The maximum Gasteiger partial charge on any atom is 0.0930 e. The number of aromatic nitrogens is 1. The maximum absolute atomic E-state index is 4.59. The molecule has 3 nitrogen and oxygen atoms in total. The number of nitrogens with one attached hydrogen (secondary N) is 1. The van der Waals surface area contributed by atoms with Crippen molar-refractivity contribution in [2.45, 2.75) is 38.6 Å². The minimum atomic E-state index is 0.543. The molecule has 0 aromatic carbocycles. The Bertz CT molecular complexity index is 356. The summed E-state index contributed by atoms with van der Waals surface area (Å²) in [6, 6.07) is 0.543. The zero-order valence-corrected chi connectivity index (χ0v) is 12.6. The molecule has 0 aliphatic carbocycles. The number of likely N-dealkylation sites (tertiary alicyclic amines) is 1. The molecule has 0 amide bonds. The summed E-state index contributed by atoms with van der Waals surface area (Å²) in [5.41, 5.74) is 0. The third kappa shape index (κ3) is 4.04. The van der Waals surface area contributed by atoms with Crippen LogP contribution in [0.1, 0.15) is 29.7 Å². The second-order valence-corrected chi connectivity index (χ2v) is 6.76. The van der Waals surface area contributed by atoms with Crippen LogP contribution in [0.5, 0.6) is 0 Å². The quantitative estimate of drug-likeness (QED) is 0.886. The summed E-state index contributed by atoms with van der Waals surface area (Å²) in [6.45, 7) is 4.72. The Kier molecular flexibility index (Phi) is 5.15. The van der Waals surface area contributed by atoms with Crippen molar-refractivity contribution in [1.82, 2.24) is 15.2 Å². The van der Waals surface area contributed by atoms with Gasteiger partial charge in [0.05, 0.1) is 5.01 Å². The number of likely N-dealkylation sites (N-methyl/N-ethyl adjacent to an activating group) is 1. The normalized spacial score (nSPS) is 20.2. The zero-order chi connectivity index (χ0) is 13.0. The fourth-order valence-corrected chi connectivity index (χ4v) is 3.62. The molecule has 0 radical (unpaired) electrons. The summed E-state index contributed by atoms with van der Waals surface area (Å²) in [5.74, 6) is 0.849. The van der Waals surface area contributed by atoms with Gasteiger partial charge in [-0.1, -0.05) is 0 Å². The van der Waals surface area contributed by atoms with Gasteiger partial charge in [-0.05, 0) is 59.3 Å². The Morgan fingerprint density at radius 2 is 2.22 bits per heavy atom. The first-order valence-electron chi connectivity index (χ1n) is 6.96. The topological polar surface area (TPSA) is 28.2 Å². The lowest BCUT2D eigenvalue weighted by atomic mass is 9.94. The molecule has 1 saturated heterocycles. The van der Waals surface area contributed by atoms with E-state index in [2.05, 4.69) is 35.4 Å². The second kappa shape index (κ2) is 6.64. The molecule has 0 saturated carbocycles. The molecule has 1 aromatic heterocycles. The predicted octanol–water partition coefficient (Wildman–Crippen LogP) is 2.18. The van der Waals surface area contributed by atoms with Gasteiger partial charge in [0.2, 0.25) is 0 Å². The van der Waals surface area contributed by atoms with E-state index in [1.165, 1.54) is 42.2 Å². The molecule has 1 N–H and O–H groups in total. The highest BCUT2D eigenvalue weighted by Gasteiger charge is 2.18. The summed E-state index contributed by atoms with van der Waals surface area (Å²) in [5, 5.41) is 4.62. The van der Waals surface area contributed by atoms with E-state index in [1.807, 2.05) is 18.4 Å². The van der Waals surface area contributed by atoms with Crippen LogP contribution in [0, 0.1) is 5.92 Å². The summed E-state index contributed by atoms with van der Waals surface area (Å²) in [7, 11) is 4.24. The molecule has 4 heteroatoms. The van der Waals surface area contributed by atoms with E-state index in [0.717, 1.165) is 12.3 Å². The molecule has 102 valence electrons. The van der Waals surface area contributed by atoms with Crippen LogP contribution < -0.4 is 5.32 Å². The highest BCUT2D eigenvalue weighted by molar-refractivity contribution is 7.11. The van der Waals surface area contributed by atoms with Gasteiger partial charge >= 0.3 is 0 Å². The highest BCUT2D eigenvalue weighted by atomic mass is 32.1. The van der Waals surface area contributed by atoms with Crippen molar-refractivity contribution < 1.29 is 0 Å². The minimum absolute atomic E-state index is 0.543. The number of hydrogen-bond acceptors (Lipinski definition) is 4. The van der Waals surface area contributed by atoms with Gasteiger partial charge in [-0.25, -0.2) is 4.98 Å². The first-order chi connectivity index (χ1) is 8.67. The lowest BCUT2D eigenvalue weighted by Gasteiger charge is -2.28. The van der Waals surface area contributed by atoms with Crippen molar-refractivity contribution in [3.05, 3.63) is 16.1 Å². The molecule has 2 heterocycles. The summed E-state index contributed by atoms with van der Waals surface area (Å²) < 4.78 is 0. The lowest BCUT2D eigenvalue weighted by Crippen LogP contribution is -2.30. The Hall–Kier alpha value is -0.450. The van der Waals surface area contributed by atoms with Gasteiger partial charge in [-0.15, -0.1) is 11.3 Å². The van der Waals surface area contributed by atoms with E-state index < -0.39 is 0 Å². The van der Waals surface area contributed by atoms with Gasteiger partial charge in [0.15, 0.2) is 0 Å². The maximum atomic E-state index is 4.59. The van der Waals surface area contributed by atoms with Crippen LogP contribution in [0.4, 0.5) is 0 Å². The average Bonchev–Trinajstić information content (AvgIpc) is 2.79. The number of piperidine rings is 1. The molecular weight excluding hydrogens is 242 g/mol. The van der Waals surface area contributed by atoms with Crippen LogP contribution in [-0.2, 0) is 12.8 Å². The predicted molar refractivity (Wildman–Crippen MR) is 78.3 cm³/mol. The molecule has 1 unspecified atom stereocenters. The van der Waals surface area contributed by atoms with Gasteiger partial charge < -0.3 is 10.2 Å². The Labute approximate surface area is 115 Å². The summed E-state index contributed by atoms with van der Waals surface area (Å²) in [6.07, 6.45) is 7.02. The van der Waals surface area contributed by atoms with Crippen molar-refractivity contribution in [1.29, 1.82) is 0 Å². The van der Waals surface area contributed by atoms with Crippen LogP contribution in [-0.4, -0.2) is 43.1 Å². The van der Waals surface area contributed by atoms with Crippen molar-refractivity contribution in [3.8, 4) is 0 Å². The Balaban J connectivity index is 1.83. The van der Waals surface area contributed by atoms with Crippen LogP contribution in [0.2, 0.25) is 0 Å². The van der Waals surface area contributed by atoms with Gasteiger partial charge in [0, 0.05) is 23.5 Å². The first-order valence-corrected chi connectivity index (χ1v) is 7.78. The molecule has 1 aliphatic rings. The van der Waals surface area contributed by atoms with Crippen molar-refractivity contribution in [3.63, 3.8) is 0 Å². The highest BCUT2D eigenvalue weighted by Crippen LogP contribution is 2.24. The number of hydrogen-bond donors (Lipinski definition) is 1. The molecule has 1 fully saturated rings. The number of nitrogens with zero attached hydrogens (tertiary/aromatic N) is 2. The van der Waals surface area contributed by atoms with Crippen molar-refractivity contribution >= 4 is 11.3 Å². The monoisotopic (exact) mass is 267 g/mol. The third-order valence-corrected chi connectivity index (χ3v) is 4.95. The largest absolute Gasteiger partial charge is 0.317 e. The SMILES string of the molecule is CNC(C)Cc1cnc(CC2CCN(C)CC2)s1. The van der Waals surface area contributed by atoms with Crippen LogP contribution in [0.25, 0.3) is 0 Å². The standard InChI is InChI=1S/C14H25N3S/c1-11(15-2)8-13-10-16-14(18-13)9-12-4-6-17(3)7-5-12/h10-12,15H,4-9H2,1-3H3. The molecule has 1 atom stereocenters. The van der Waals surface area contributed by atoms with Gasteiger partial charge in [0.25, 0.3) is 0 Å². The number of rotatable bonds is 5. The second-order valence-electron chi connectivity index (χ2n) is 5.56. The van der Waals surface area contributed by atoms with E-state index in [-0.39, 0.29) is 0 Å². The molecular formula is C14H25N3S. The molecule has 18 heavy (non-hydrogen) atoms. The molecule has 0 bridgehead atoms. The Morgan fingerprint density at radius 3 is 2.89 bits per heavy atom. The van der Waals surface area contributed by atoms with E-state index >= 15 is 0 Å². The molecule has 2 rings (SSSR count). The smallest absolute Gasteiger partial charge is 0.0930 e. The molecule has 0 spiro atoms. The van der Waals surface area contributed by atoms with Crippen molar-refractivity contribution in [2.75, 3.05) is 27.2 Å². The summed E-state index contributed by atoms with van der Waals surface area (Å²) >= 11 is 1.91. The van der Waals surface area contributed by atoms with Gasteiger partial charge in [0.1, 0.15) is 0 Å². The van der Waals surface area contributed by atoms with Crippen LogP contribution in [0.3, 0.4) is 0 Å². The van der Waals surface area contributed by atoms with Crippen LogP contribution >= 0.6 is 11.3 Å². The van der Waals surface area contributed by atoms with E-state index in [0.29, 0.717) is 6.04 Å². The molecule has 1 aliphatic heterocycles. The fourth-order valence-electron chi connectivity index (χ4n) is 2.45. The minimum Gasteiger partial charge on any atom is -0.317 e. The van der Waals surface area contributed by atoms with Crippen molar-refractivity contribution in [2.24, 2.45) is 5.92 Å². The third-order valence-electron chi connectivity index (χ3n) is 3.90. The average molecular weight is 267 g/mol. The van der Waals surface area contributed by atoms with Crippen LogP contribution in [0.15, 0.2) is 6.20 Å². The van der Waals surface area contributed by atoms with Gasteiger partial charge in [-0.3, -0.25) is 0 Å². The lowest BCUT2D eigenvalue weighted by molar-refractivity contribution is 0.219. The fraction of sp³-hybridized carbons (Fsp3) is 0.786. The van der Waals surface area contributed by atoms with E-state index in [1.54, 1.807) is 0 Å². The Morgan fingerprint density at radius 1 is 1.50 bits per heavy atom. The first kappa shape index (κ1) is 14.0. The number of thiazole rings is 1. The van der Waals surface area contributed by atoms with Gasteiger partial charge in [-0.2, -0.15) is 0 Å².